The van der Waals surface area contributed by atoms with E-state index < -0.39 is 0 Å². The summed E-state index contributed by atoms with van der Waals surface area (Å²) < 4.78 is 5.60. The molecule has 0 aliphatic heterocycles. The van der Waals surface area contributed by atoms with E-state index in [-0.39, 0.29) is 12.0 Å². The molecule has 0 atom stereocenters. The van der Waals surface area contributed by atoms with Crippen molar-refractivity contribution in [1.29, 1.82) is 0 Å². The second-order valence-electron chi connectivity index (χ2n) is 6.65. The number of hydrogen-bond donors (Lipinski definition) is 1. The molecule has 0 spiro atoms. The van der Waals surface area contributed by atoms with Crippen LogP contribution in [-0.2, 0) is 6.42 Å². The van der Waals surface area contributed by atoms with Gasteiger partial charge in [0.2, 0.25) is 0 Å². The second kappa shape index (κ2) is 8.82. The highest BCUT2D eigenvalue weighted by Crippen LogP contribution is 2.21. The van der Waals surface area contributed by atoms with Crippen molar-refractivity contribution in [2.24, 2.45) is 0 Å². The van der Waals surface area contributed by atoms with Gasteiger partial charge in [0.05, 0.1) is 16.8 Å². The lowest BCUT2D eigenvalue weighted by molar-refractivity contribution is 0.0954. The minimum atomic E-state index is -0.0688. The summed E-state index contributed by atoms with van der Waals surface area (Å²) in [5, 5.41) is 6.11. The van der Waals surface area contributed by atoms with Crippen LogP contribution < -0.4 is 10.1 Å². The Morgan fingerprint density at radius 3 is 2.41 bits per heavy atom. The molecular weight excluding hydrogens is 356 g/mol. The molecule has 0 radical (unpaired) electrons. The van der Waals surface area contributed by atoms with Crippen molar-refractivity contribution in [3.8, 4) is 17.0 Å². The highest BCUT2D eigenvalue weighted by molar-refractivity contribution is 7.09. The third-order valence-corrected chi connectivity index (χ3v) is 4.83. The Kier molecular flexibility index (Phi) is 6.24. The summed E-state index contributed by atoms with van der Waals surface area (Å²) >= 11 is 1.66. The standard InChI is InChI=1S/C22H24N2O2S/c1-15(2)26-20-10-8-19(9-11-20)22(25)23-13-12-17-4-6-18(7-5-17)21-14-27-16(3)24-21/h4-11,14-15H,12-13H2,1-3H3,(H,23,25). The van der Waals surface area contributed by atoms with E-state index in [9.17, 15) is 4.79 Å². The summed E-state index contributed by atoms with van der Waals surface area (Å²) in [7, 11) is 0. The van der Waals surface area contributed by atoms with Gasteiger partial charge in [-0.15, -0.1) is 11.3 Å². The Morgan fingerprint density at radius 1 is 1.11 bits per heavy atom. The van der Waals surface area contributed by atoms with Gasteiger partial charge in [0, 0.05) is 23.1 Å². The number of nitrogens with one attached hydrogen (secondary N) is 1. The van der Waals surface area contributed by atoms with Crippen LogP contribution in [0.4, 0.5) is 0 Å². The van der Waals surface area contributed by atoms with Crippen LogP contribution >= 0.6 is 11.3 Å². The zero-order chi connectivity index (χ0) is 19.2. The van der Waals surface area contributed by atoms with Gasteiger partial charge in [-0.25, -0.2) is 4.98 Å². The van der Waals surface area contributed by atoms with E-state index in [1.54, 1.807) is 23.5 Å². The van der Waals surface area contributed by atoms with Gasteiger partial charge < -0.3 is 10.1 Å². The number of carbonyl (C=O) groups excluding carboxylic acids is 1. The summed E-state index contributed by atoms with van der Waals surface area (Å²) in [6.07, 6.45) is 0.909. The molecule has 2 aromatic carbocycles. The van der Waals surface area contributed by atoms with Gasteiger partial charge in [-0.3, -0.25) is 4.79 Å². The summed E-state index contributed by atoms with van der Waals surface area (Å²) in [5.74, 6) is 0.706. The van der Waals surface area contributed by atoms with Crippen LogP contribution in [0.15, 0.2) is 53.9 Å². The van der Waals surface area contributed by atoms with E-state index in [0.29, 0.717) is 12.1 Å². The van der Waals surface area contributed by atoms with Crippen molar-refractivity contribution in [3.63, 3.8) is 0 Å². The van der Waals surface area contributed by atoms with Gasteiger partial charge in [0.1, 0.15) is 5.75 Å². The Hall–Kier alpha value is -2.66. The monoisotopic (exact) mass is 380 g/mol. The minimum Gasteiger partial charge on any atom is -0.491 e. The molecule has 3 rings (SSSR count). The van der Waals surface area contributed by atoms with Gasteiger partial charge in [-0.05, 0) is 57.0 Å². The molecule has 4 nitrogen and oxygen atoms in total. The largest absolute Gasteiger partial charge is 0.491 e. The minimum absolute atomic E-state index is 0.0688. The molecule has 0 unspecified atom stereocenters. The number of aryl methyl sites for hydroxylation is 1. The third kappa shape index (κ3) is 5.41. The van der Waals surface area contributed by atoms with Crippen molar-refractivity contribution in [1.82, 2.24) is 10.3 Å². The number of nitrogens with zero attached hydrogens (tertiary/aromatic N) is 1. The molecule has 3 aromatic rings. The zero-order valence-corrected chi connectivity index (χ0v) is 16.7. The molecular formula is C22H24N2O2S. The fraction of sp³-hybridized carbons (Fsp3) is 0.273. The second-order valence-corrected chi connectivity index (χ2v) is 7.71. The van der Waals surface area contributed by atoms with Gasteiger partial charge in [0.25, 0.3) is 5.91 Å². The molecule has 1 amide bonds. The van der Waals surface area contributed by atoms with Crippen LogP contribution in [0, 0.1) is 6.92 Å². The zero-order valence-electron chi connectivity index (χ0n) is 15.9. The van der Waals surface area contributed by atoms with Crippen molar-refractivity contribution < 1.29 is 9.53 Å². The molecule has 0 aliphatic carbocycles. The van der Waals surface area contributed by atoms with Gasteiger partial charge in [0.15, 0.2) is 0 Å². The van der Waals surface area contributed by atoms with Crippen LogP contribution in [0.1, 0.15) is 34.8 Å². The maximum atomic E-state index is 12.3. The van der Waals surface area contributed by atoms with Crippen LogP contribution in [-0.4, -0.2) is 23.5 Å². The predicted molar refractivity (Wildman–Crippen MR) is 111 cm³/mol. The maximum absolute atomic E-state index is 12.3. The van der Waals surface area contributed by atoms with Crippen LogP contribution in [0.2, 0.25) is 0 Å². The van der Waals surface area contributed by atoms with E-state index in [2.05, 4.69) is 39.9 Å². The third-order valence-electron chi connectivity index (χ3n) is 4.06. The number of aromatic nitrogens is 1. The highest BCUT2D eigenvalue weighted by Gasteiger charge is 2.06. The summed E-state index contributed by atoms with van der Waals surface area (Å²) in [6.45, 7) is 6.56. The van der Waals surface area contributed by atoms with Gasteiger partial charge in [-0.1, -0.05) is 24.3 Å². The summed E-state index contributed by atoms with van der Waals surface area (Å²) in [4.78, 5) is 16.8. The van der Waals surface area contributed by atoms with Crippen LogP contribution in [0.3, 0.4) is 0 Å². The van der Waals surface area contributed by atoms with Gasteiger partial charge in [-0.2, -0.15) is 0 Å². The Morgan fingerprint density at radius 2 is 1.81 bits per heavy atom. The predicted octanol–water partition coefficient (Wildman–Crippen LogP) is 4.88. The highest BCUT2D eigenvalue weighted by atomic mass is 32.1. The first kappa shape index (κ1) is 19.1. The Labute approximate surface area is 164 Å². The molecule has 140 valence electrons. The first-order valence-electron chi connectivity index (χ1n) is 9.07. The maximum Gasteiger partial charge on any atom is 0.251 e. The normalized spacial score (nSPS) is 10.8. The van der Waals surface area contributed by atoms with E-state index in [1.165, 1.54) is 5.56 Å². The SMILES string of the molecule is Cc1nc(-c2ccc(CCNC(=O)c3ccc(OC(C)C)cc3)cc2)cs1. The number of ether oxygens (including phenoxy) is 1. The van der Waals surface area contributed by atoms with Crippen LogP contribution in [0.25, 0.3) is 11.3 Å². The van der Waals surface area contributed by atoms with Crippen molar-refractivity contribution in [2.75, 3.05) is 6.54 Å². The molecule has 0 fully saturated rings. The van der Waals surface area contributed by atoms with E-state index in [1.807, 2.05) is 32.9 Å². The lowest BCUT2D eigenvalue weighted by Gasteiger charge is -2.10. The molecule has 1 aromatic heterocycles. The number of benzene rings is 2. The van der Waals surface area contributed by atoms with E-state index >= 15 is 0 Å². The smallest absolute Gasteiger partial charge is 0.251 e. The molecule has 1 N–H and O–H groups in total. The summed E-state index contributed by atoms with van der Waals surface area (Å²) in [5.41, 5.74) is 3.96. The molecule has 0 saturated carbocycles. The Balaban J connectivity index is 1.49. The average Bonchev–Trinajstić information content (AvgIpc) is 3.09. The number of rotatable bonds is 7. The molecule has 0 bridgehead atoms. The Bertz CT molecular complexity index is 883. The fourth-order valence-electron chi connectivity index (χ4n) is 2.72. The number of carbonyl (C=O) groups is 1. The van der Waals surface area contributed by atoms with Crippen molar-refractivity contribution in [2.45, 2.75) is 33.3 Å². The van der Waals surface area contributed by atoms with Crippen LogP contribution in [0.5, 0.6) is 5.75 Å². The van der Waals surface area contributed by atoms with Crippen molar-refractivity contribution >= 4 is 17.2 Å². The number of hydrogen-bond acceptors (Lipinski definition) is 4. The lowest BCUT2D eigenvalue weighted by Crippen LogP contribution is -2.25. The fourth-order valence-corrected chi connectivity index (χ4v) is 3.34. The van der Waals surface area contributed by atoms with E-state index in [4.69, 9.17) is 4.74 Å². The lowest BCUT2D eigenvalue weighted by atomic mass is 10.1. The van der Waals surface area contributed by atoms with E-state index in [0.717, 1.165) is 28.4 Å². The molecule has 0 aliphatic rings. The first-order chi connectivity index (χ1) is 13.0. The number of amides is 1. The van der Waals surface area contributed by atoms with Crippen molar-refractivity contribution in [3.05, 3.63) is 70.0 Å². The topological polar surface area (TPSA) is 51.2 Å². The molecule has 1 heterocycles. The first-order valence-corrected chi connectivity index (χ1v) is 9.95. The van der Waals surface area contributed by atoms with Gasteiger partial charge >= 0.3 is 0 Å². The molecule has 27 heavy (non-hydrogen) atoms. The quantitative estimate of drug-likeness (QED) is 0.636. The summed E-state index contributed by atoms with van der Waals surface area (Å²) in [6, 6.07) is 15.6. The molecule has 5 heteroatoms. The molecule has 0 saturated heterocycles. The average molecular weight is 381 g/mol. The number of thiazole rings is 1.